The minimum absolute atomic E-state index is 0.0849. The second kappa shape index (κ2) is 9.50. The molecule has 0 N–H and O–H groups in total. The molecule has 1 aliphatic heterocycles. The normalized spacial score (nSPS) is 15.2. The molecule has 0 bridgehead atoms. The van der Waals surface area contributed by atoms with Crippen LogP contribution in [0.3, 0.4) is 0 Å². The summed E-state index contributed by atoms with van der Waals surface area (Å²) in [6.07, 6.45) is 3.66. The summed E-state index contributed by atoms with van der Waals surface area (Å²) < 4.78 is 40.7. The van der Waals surface area contributed by atoms with Gasteiger partial charge in [-0.25, -0.2) is 12.8 Å². The van der Waals surface area contributed by atoms with Gasteiger partial charge < -0.3 is 4.90 Å². The number of amides is 1. The van der Waals surface area contributed by atoms with Crippen molar-refractivity contribution < 1.29 is 17.6 Å². The largest absolute Gasteiger partial charge is 0.341 e. The van der Waals surface area contributed by atoms with Crippen LogP contribution in [0.15, 0.2) is 53.4 Å². The van der Waals surface area contributed by atoms with E-state index in [1.165, 1.54) is 11.0 Å². The van der Waals surface area contributed by atoms with Gasteiger partial charge in [-0.15, -0.1) is 0 Å². The fraction of sp³-hybridized carbons (Fsp3) is 0.409. The Morgan fingerprint density at radius 3 is 2.34 bits per heavy atom. The maximum atomic E-state index is 13.7. The van der Waals surface area contributed by atoms with E-state index in [4.69, 9.17) is 0 Å². The maximum Gasteiger partial charge on any atom is 0.243 e. The highest BCUT2D eigenvalue weighted by Gasteiger charge is 2.25. The zero-order valence-corrected chi connectivity index (χ0v) is 17.5. The Labute approximate surface area is 172 Å². The molecule has 1 fully saturated rings. The predicted octanol–water partition coefficient (Wildman–Crippen LogP) is 3.59. The van der Waals surface area contributed by atoms with Crippen molar-refractivity contribution in [3.05, 3.63) is 65.5 Å². The van der Waals surface area contributed by atoms with Crippen molar-refractivity contribution in [2.75, 3.05) is 20.1 Å². The molecule has 0 aromatic heterocycles. The van der Waals surface area contributed by atoms with E-state index in [0.29, 0.717) is 30.0 Å². The predicted molar refractivity (Wildman–Crippen MR) is 110 cm³/mol. The smallest absolute Gasteiger partial charge is 0.243 e. The number of piperidine rings is 1. The van der Waals surface area contributed by atoms with Gasteiger partial charge in [-0.1, -0.05) is 36.8 Å². The molecular weight excluding hydrogens is 391 g/mol. The Morgan fingerprint density at radius 1 is 1.03 bits per heavy atom. The molecule has 0 saturated carbocycles. The summed E-state index contributed by atoms with van der Waals surface area (Å²) >= 11 is 0. The summed E-state index contributed by atoms with van der Waals surface area (Å²) in [5, 5.41) is 0. The number of benzene rings is 2. The number of carbonyl (C=O) groups is 1. The number of hydrogen-bond donors (Lipinski definition) is 0. The summed E-state index contributed by atoms with van der Waals surface area (Å²) in [7, 11) is -1.78. The van der Waals surface area contributed by atoms with E-state index < -0.39 is 10.0 Å². The van der Waals surface area contributed by atoms with Crippen molar-refractivity contribution in [2.45, 2.75) is 43.5 Å². The van der Waals surface area contributed by atoms with Crippen LogP contribution in [-0.4, -0.2) is 43.7 Å². The Balaban J connectivity index is 1.55. The van der Waals surface area contributed by atoms with Crippen molar-refractivity contribution in [1.29, 1.82) is 0 Å². The van der Waals surface area contributed by atoms with Gasteiger partial charge in [0, 0.05) is 38.7 Å². The van der Waals surface area contributed by atoms with Gasteiger partial charge in [0.25, 0.3) is 0 Å². The highest BCUT2D eigenvalue weighted by molar-refractivity contribution is 7.89. The lowest BCUT2D eigenvalue weighted by Gasteiger charge is -2.25. The number of aryl methyl sites for hydroxylation is 1. The Morgan fingerprint density at radius 2 is 1.69 bits per heavy atom. The van der Waals surface area contributed by atoms with Crippen LogP contribution in [0, 0.1) is 5.82 Å². The molecule has 0 radical (unpaired) electrons. The van der Waals surface area contributed by atoms with Crippen LogP contribution in [0.5, 0.6) is 0 Å². The molecule has 1 saturated heterocycles. The van der Waals surface area contributed by atoms with Gasteiger partial charge in [-0.3, -0.25) is 4.79 Å². The number of hydrogen-bond acceptors (Lipinski definition) is 3. The van der Waals surface area contributed by atoms with Crippen molar-refractivity contribution in [3.63, 3.8) is 0 Å². The number of sulfonamides is 1. The van der Waals surface area contributed by atoms with Crippen LogP contribution in [0.1, 0.15) is 36.8 Å². The van der Waals surface area contributed by atoms with Crippen molar-refractivity contribution in [2.24, 2.45) is 0 Å². The van der Waals surface area contributed by atoms with Gasteiger partial charge in [0.05, 0.1) is 4.90 Å². The zero-order chi connectivity index (χ0) is 20.9. The molecule has 0 unspecified atom stereocenters. The molecule has 1 amide bonds. The molecule has 2 aromatic carbocycles. The van der Waals surface area contributed by atoms with Gasteiger partial charge in [-0.2, -0.15) is 4.31 Å². The first-order chi connectivity index (χ1) is 13.9. The number of halogens is 1. The summed E-state index contributed by atoms with van der Waals surface area (Å²) in [5.74, 6) is -0.407. The van der Waals surface area contributed by atoms with Crippen LogP contribution in [-0.2, 0) is 27.8 Å². The van der Waals surface area contributed by atoms with E-state index in [2.05, 4.69) is 0 Å². The molecule has 1 heterocycles. The van der Waals surface area contributed by atoms with E-state index in [-0.39, 0.29) is 24.7 Å². The molecule has 5 nitrogen and oxygen atoms in total. The van der Waals surface area contributed by atoms with Crippen molar-refractivity contribution >= 4 is 15.9 Å². The third-order valence-electron chi connectivity index (χ3n) is 5.29. The van der Waals surface area contributed by atoms with Gasteiger partial charge in [0.15, 0.2) is 0 Å². The Kier molecular flexibility index (Phi) is 7.03. The van der Waals surface area contributed by atoms with Gasteiger partial charge in [-0.05, 0) is 43.0 Å². The molecule has 0 atom stereocenters. The highest BCUT2D eigenvalue weighted by atomic mass is 32.2. The van der Waals surface area contributed by atoms with Gasteiger partial charge in [0.2, 0.25) is 15.9 Å². The van der Waals surface area contributed by atoms with E-state index in [1.807, 2.05) is 0 Å². The molecule has 7 heteroatoms. The summed E-state index contributed by atoms with van der Waals surface area (Å²) in [6.45, 7) is 1.37. The lowest BCUT2D eigenvalue weighted by Crippen LogP contribution is -2.35. The topological polar surface area (TPSA) is 57.7 Å². The third-order valence-corrected chi connectivity index (χ3v) is 7.21. The van der Waals surface area contributed by atoms with Gasteiger partial charge >= 0.3 is 0 Å². The average Bonchev–Trinajstić information content (AvgIpc) is 2.74. The minimum atomic E-state index is -3.44. The molecule has 29 heavy (non-hydrogen) atoms. The third kappa shape index (κ3) is 5.42. The highest BCUT2D eigenvalue weighted by Crippen LogP contribution is 2.21. The maximum absolute atomic E-state index is 13.7. The van der Waals surface area contributed by atoms with Gasteiger partial charge in [0.1, 0.15) is 5.82 Å². The first kappa shape index (κ1) is 21.5. The van der Waals surface area contributed by atoms with Crippen LogP contribution >= 0.6 is 0 Å². The molecule has 3 rings (SSSR count). The quantitative estimate of drug-likeness (QED) is 0.690. The summed E-state index contributed by atoms with van der Waals surface area (Å²) in [6, 6.07) is 13.2. The lowest BCUT2D eigenvalue weighted by molar-refractivity contribution is -0.130. The fourth-order valence-corrected chi connectivity index (χ4v) is 5.01. The first-order valence-electron chi connectivity index (χ1n) is 9.94. The number of carbonyl (C=O) groups excluding carboxylic acids is 1. The van der Waals surface area contributed by atoms with E-state index in [9.17, 15) is 17.6 Å². The van der Waals surface area contributed by atoms with Crippen LogP contribution < -0.4 is 0 Å². The zero-order valence-electron chi connectivity index (χ0n) is 16.7. The Hall–Kier alpha value is -2.25. The standard InChI is InChI=1S/C22H27FN2O3S/c1-24(17-19-7-3-4-8-21(19)23)22(26)14-11-18-9-12-20(13-10-18)29(27,28)25-15-5-2-6-16-25/h3-4,7-10,12-13H,2,5-6,11,14-17H2,1H3. The Bertz CT molecular complexity index is 939. The minimum Gasteiger partial charge on any atom is -0.341 e. The molecule has 156 valence electrons. The molecule has 1 aliphatic rings. The second-order valence-electron chi connectivity index (χ2n) is 7.45. The van der Waals surface area contributed by atoms with E-state index in [1.54, 1.807) is 53.8 Å². The van der Waals surface area contributed by atoms with Crippen LogP contribution in [0.25, 0.3) is 0 Å². The SMILES string of the molecule is CN(Cc1ccccc1F)C(=O)CCc1ccc(S(=O)(=O)N2CCCCC2)cc1. The second-order valence-corrected chi connectivity index (χ2v) is 9.39. The molecule has 0 spiro atoms. The monoisotopic (exact) mass is 418 g/mol. The number of nitrogens with zero attached hydrogens (tertiary/aromatic N) is 2. The summed E-state index contributed by atoms with van der Waals surface area (Å²) in [4.78, 5) is 14.2. The summed E-state index contributed by atoms with van der Waals surface area (Å²) in [5.41, 5.74) is 1.38. The molecular formula is C22H27FN2O3S. The first-order valence-corrected chi connectivity index (χ1v) is 11.4. The number of rotatable bonds is 7. The molecule has 2 aromatic rings. The van der Waals surface area contributed by atoms with Crippen LogP contribution in [0.2, 0.25) is 0 Å². The van der Waals surface area contributed by atoms with E-state index in [0.717, 1.165) is 24.8 Å². The van der Waals surface area contributed by atoms with Crippen molar-refractivity contribution in [3.8, 4) is 0 Å². The van der Waals surface area contributed by atoms with Crippen LogP contribution in [0.4, 0.5) is 4.39 Å². The molecule has 0 aliphatic carbocycles. The van der Waals surface area contributed by atoms with Crippen molar-refractivity contribution in [1.82, 2.24) is 9.21 Å². The van der Waals surface area contributed by atoms with E-state index >= 15 is 0 Å². The average molecular weight is 419 g/mol. The fourth-order valence-electron chi connectivity index (χ4n) is 3.49. The lowest BCUT2D eigenvalue weighted by atomic mass is 10.1.